The van der Waals surface area contributed by atoms with Gasteiger partial charge in [-0.05, 0) is 66.8 Å². The van der Waals surface area contributed by atoms with E-state index in [4.69, 9.17) is 9.15 Å². The fraction of sp³-hybridized carbons (Fsp3) is 0.586. The van der Waals surface area contributed by atoms with E-state index in [1.165, 1.54) is 27.6 Å². The summed E-state index contributed by atoms with van der Waals surface area (Å²) < 4.78 is 54.0. The van der Waals surface area contributed by atoms with Crippen LogP contribution < -0.4 is 0 Å². The van der Waals surface area contributed by atoms with Crippen LogP contribution in [0.5, 0.6) is 0 Å². The van der Waals surface area contributed by atoms with Gasteiger partial charge in [-0.15, -0.1) is 0 Å². The van der Waals surface area contributed by atoms with Crippen molar-refractivity contribution in [2.24, 2.45) is 16.7 Å². The van der Waals surface area contributed by atoms with Gasteiger partial charge in [0, 0.05) is 31.5 Å². The second-order valence-corrected chi connectivity index (χ2v) is 13.8. The zero-order valence-electron chi connectivity index (χ0n) is 22.6. The smallest absolute Gasteiger partial charge is 0.238 e. The first-order chi connectivity index (χ1) is 18.5. The summed E-state index contributed by atoms with van der Waals surface area (Å²) in [6, 6.07) is 9.32. The minimum atomic E-state index is -4.00. The Morgan fingerprint density at radius 2 is 1.90 bits per heavy atom. The number of Topliss-reactive ketones (excluding diaryl/α,β-unsaturated/α-hetero) is 1. The van der Waals surface area contributed by atoms with Gasteiger partial charge in [-0.25, -0.2) is 12.8 Å². The van der Waals surface area contributed by atoms with Gasteiger partial charge in [0.1, 0.15) is 17.4 Å². The van der Waals surface area contributed by atoms with Crippen LogP contribution in [0.3, 0.4) is 0 Å². The number of nitrogens with zero attached hydrogens (tertiary/aromatic N) is 2. The number of ketones is 1. The molecule has 39 heavy (non-hydrogen) atoms. The summed E-state index contributed by atoms with van der Waals surface area (Å²) in [5, 5.41) is 0. The highest BCUT2D eigenvalue weighted by molar-refractivity contribution is 7.89. The monoisotopic (exact) mass is 560 g/mol. The highest BCUT2D eigenvalue weighted by Gasteiger charge is 2.65. The fourth-order valence-electron chi connectivity index (χ4n) is 6.69. The molecule has 0 radical (unpaired) electrons. The van der Waals surface area contributed by atoms with Crippen LogP contribution in [0.25, 0.3) is 0 Å². The number of rotatable bonds is 11. The van der Waals surface area contributed by atoms with Crippen LogP contribution in [-0.4, -0.2) is 60.9 Å². The summed E-state index contributed by atoms with van der Waals surface area (Å²) >= 11 is 0. The van der Waals surface area contributed by atoms with Crippen LogP contribution >= 0.6 is 0 Å². The Kier molecular flexibility index (Phi) is 7.74. The van der Waals surface area contributed by atoms with Crippen molar-refractivity contribution in [1.82, 2.24) is 9.21 Å². The SMILES string of the molecule is CC1(C)C2CCC1(CS(=O)(=O)N(CC(=O)N(Cc1ccc(F)cc1)Cc1ccco1)CC1CCCO1)C(=O)C2. The number of furan rings is 1. The van der Waals surface area contributed by atoms with Crippen molar-refractivity contribution < 1.29 is 31.6 Å². The molecule has 1 aliphatic heterocycles. The zero-order valence-corrected chi connectivity index (χ0v) is 23.4. The van der Waals surface area contributed by atoms with Crippen LogP contribution in [0.15, 0.2) is 47.1 Å². The number of fused-ring (bicyclic) bond motifs is 2. The number of carbonyl (C=O) groups excluding carboxylic acids is 2. The van der Waals surface area contributed by atoms with E-state index >= 15 is 0 Å². The zero-order chi connectivity index (χ0) is 27.8. The van der Waals surface area contributed by atoms with Gasteiger partial charge in [-0.1, -0.05) is 26.0 Å². The van der Waals surface area contributed by atoms with Gasteiger partial charge in [0.2, 0.25) is 15.9 Å². The van der Waals surface area contributed by atoms with Gasteiger partial charge in [0.25, 0.3) is 0 Å². The maximum atomic E-state index is 14.0. The molecular weight excluding hydrogens is 523 g/mol. The third-order valence-electron chi connectivity index (χ3n) is 9.27. The Balaban J connectivity index is 1.40. The number of sulfonamides is 1. The topological polar surface area (TPSA) is 97.1 Å². The summed E-state index contributed by atoms with van der Waals surface area (Å²) in [5.74, 6) is -0.323. The molecule has 8 nitrogen and oxygen atoms in total. The van der Waals surface area contributed by atoms with Gasteiger partial charge < -0.3 is 14.1 Å². The summed E-state index contributed by atoms with van der Waals surface area (Å²) in [4.78, 5) is 28.4. The summed E-state index contributed by atoms with van der Waals surface area (Å²) in [7, 11) is -4.00. The van der Waals surface area contributed by atoms with Crippen molar-refractivity contribution in [3.05, 3.63) is 59.8 Å². The first kappa shape index (κ1) is 28.0. The summed E-state index contributed by atoms with van der Waals surface area (Å²) in [5.41, 5.74) is -0.639. The van der Waals surface area contributed by atoms with Crippen LogP contribution in [0, 0.1) is 22.6 Å². The number of hydrogen-bond donors (Lipinski definition) is 0. The average molecular weight is 561 g/mol. The van der Waals surface area contributed by atoms with Crippen molar-refractivity contribution >= 4 is 21.7 Å². The third-order valence-corrected chi connectivity index (χ3v) is 11.2. The minimum absolute atomic E-state index is 0.0199. The van der Waals surface area contributed by atoms with E-state index in [0.717, 1.165) is 12.8 Å². The molecular formula is C29H37FN2O6S. The van der Waals surface area contributed by atoms with Crippen molar-refractivity contribution in [3.8, 4) is 0 Å². The second kappa shape index (κ2) is 10.8. The predicted molar refractivity (Wildman–Crippen MR) is 142 cm³/mol. The lowest BCUT2D eigenvalue weighted by atomic mass is 9.70. The van der Waals surface area contributed by atoms with E-state index < -0.39 is 26.8 Å². The molecule has 5 rings (SSSR count). The molecule has 3 aliphatic rings. The molecule has 1 saturated heterocycles. The average Bonchev–Trinajstić information content (AvgIpc) is 3.66. The van der Waals surface area contributed by atoms with Crippen molar-refractivity contribution in [2.45, 2.75) is 65.1 Å². The molecule has 0 N–H and O–H groups in total. The predicted octanol–water partition coefficient (Wildman–Crippen LogP) is 4.15. The fourth-order valence-corrected chi connectivity index (χ4v) is 8.87. The van der Waals surface area contributed by atoms with E-state index in [9.17, 15) is 22.4 Å². The second-order valence-electron chi connectivity index (χ2n) is 11.8. The quantitative estimate of drug-likeness (QED) is 0.410. The number of amides is 1. The highest BCUT2D eigenvalue weighted by atomic mass is 32.2. The number of hydrogen-bond acceptors (Lipinski definition) is 6. The Bertz CT molecular complexity index is 1290. The Morgan fingerprint density at radius 1 is 1.13 bits per heavy atom. The van der Waals surface area contributed by atoms with Gasteiger partial charge in [0.05, 0.1) is 31.2 Å². The largest absolute Gasteiger partial charge is 0.467 e. The van der Waals surface area contributed by atoms with Crippen molar-refractivity contribution in [1.29, 1.82) is 0 Å². The van der Waals surface area contributed by atoms with Crippen molar-refractivity contribution in [3.63, 3.8) is 0 Å². The van der Waals surface area contributed by atoms with Gasteiger partial charge in [-0.3, -0.25) is 9.59 Å². The normalized spacial score (nSPS) is 26.0. The first-order valence-electron chi connectivity index (χ1n) is 13.7. The Hall–Kier alpha value is -2.56. The Labute approximate surface area is 229 Å². The molecule has 212 valence electrons. The minimum Gasteiger partial charge on any atom is -0.467 e. The molecule has 2 heterocycles. The molecule has 3 unspecified atom stereocenters. The lowest BCUT2D eigenvalue weighted by Gasteiger charge is -2.38. The molecule has 2 bridgehead atoms. The van der Waals surface area contributed by atoms with E-state index in [1.807, 2.05) is 13.8 Å². The van der Waals surface area contributed by atoms with Crippen LogP contribution in [0.1, 0.15) is 57.3 Å². The molecule has 10 heteroatoms. The van der Waals surface area contributed by atoms with E-state index in [2.05, 4.69) is 0 Å². The number of carbonyl (C=O) groups is 2. The maximum Gasteiger partial charge on any atom is 0.238 e. The standard InChI is InChI=1S/C29H37FN2O6S/c1-28(2)22-11-12-29(28,26(33)15-22)20-39(35,36)32(18-25-6-4-14-38-25)19-27(34)31(17-24-5-3-13-37-24)16-21-7-9-23(30)10-8-21/h3,5,7-10,13,22,25H,4,6,11-12,14-20H2,1-2H3. The molecule has 3 atom stereocenters. The highest BCUT2D eigenvalue weighted by Crippen LogP contribution is 2.64. The van der Waals surface area contributed by atoms with Crippen molar-refractivity contribution in [2.75, 3.05) is 25.4 Å². The maximum absolute atomic E-state index is 14.0. The summed E-state index contributed by atoms with van der Waals surface area (Å²) in [6.45, 7) is 4.55. The van der Waals surface area contributed by atoms with Gasteiger partial charge in [0.15, 0.2) is 0 Å². The van der Waals surface area contributed by atoms with Crippen LogP contribution in [0.4, 0.5) is 4.39 Å². The van der Waals surface area contributed by atoms with E-state index in [0.29, 0.717) is 37.2 Å². The van der Waals surface area contributed by atoms with E-state index in [-0.39, 0.29) is 55.6 Å². The van der Waals surface area contributed by atoms with Gasteiger partial charge in [-0.2, -0.15) is 4.31 Å². The van der Waals surface area contributed by atoms with Crippen LogP contribution in [-0.2, 0) is 37.4 Å². The molecule has 3 fully saturated rings. The molecule has 2 aliphatic carbocycles. The lowest BCUT2D eigenvalue weighted by molar-refractivity contribution is -0.133. The summed E-state index contributed by atoms with van der Waals surface area (Å²) in [6.07, 6.45) is 4.57. The van der Waals surface area contributed by atoms with Crippen LogP contribution in [0.2, 0.25) is 0 Å². The van der Waals surface area contributed by atoms with Gasteiger partial charge >= 0.3 is 0 Å². The Morgan fingerprint density at radius 3 is 2.49 bits per heavy atom. The molecule has 2 aromatic rings. The van der Waals surface area contributed by atoms with E-state index in [1.54, 1.807) is 24.3 Å². The first-order valence-corrected chi connectivity index (χ1v) is 15.3. The third kappa shape index (κ3) is 5.56. The molecule has 0 spiro atoms. The number of ether oxygens (including phenoxy) is 1. The molecule has 1 aromatic heterocycles. The molecule has 2 saturated carbocycles. The molecule has 1 aromatic carbocycles. The lowest BCUT2D eigenvalue weighted by Crippen LogP contribution is -2.50. The molecule has 1 amide bonds. The number of halogens is 1. The number of benzene rings is 1.